The van der Waals surface area contributed by atoms with Crippen molar-refractivity contribution in [1.82, 2.24) is 4.57 Å². The van der Waals surface area contributed by atoms with Gasteiger partial charge in [0.25, 0.3) is 5.56 Å². The molecule has 4 nitrogen and oxygen atoms in total. The summed E-state index contributed by atoms with van der Waals surface area (Å²) in [5.74, 6) is -0.486. The molecule has 0 amide bonds. The van der Waals surface area contributed by atoms with Gasteiger partial charge in [-0.15, -0.1) is 0 Å². The van der Waals surface area contributed by atoms with Crippen LogP contribution >= 0.6 is 23.2 Å². The van der Waals surface area contributed by atoms with E-state index in [2.05, 4.69) is 0 Å². The summed E-state index contributed by atoms with van der Waals surface area (Å²) in [6.45, 7) is 3.50. The first-order valence-electron chi connectivity index (χ1n) is 5.19. The lowest BCUT2D eigenvalue weighted by Crippen LogP contribution is -2.26. The van der Waals surface area contributed by atoms with Crippen molar-refractivity contribution in [2.45, 2.75) is 32.9 Å². The monoisotopic (exact) mass is 277 g/mol. The Morgan fingerprint density at radius 2 is 2.18 bits per heavy atom. The van der Waals surface area contributed by atoms with Gasteiger partial charge in [0.05, 0.1) is 11.1 Å². The zero-order valence-corrected chi connectivity index (χ0v) is 11.1. The van der Waals surface area contributed by atoms with Crippen molar-refractivity contribution in [3.8, 4) is 0 Å². The summed E-state index contributed by atoms with van der Waals surface area (Å²) in [7, 11) is 0. The van der Waals surface area contributed by atoms with Gasteiger partial charge in [-0.1, -0.05) is 30.1 Å². The van der Waals surface area contributed by atoms with E-state index in [0.29, 0.717) is 5.02 Å². The maximum absolute atomic E-state index is 11.6. The summed E-state index contributed by atoms with van der Waals surface area (Å²) in [6.07, 6.45) is 1.90. The molecular weight excluding hydrogens is 265 g/mol. The zero-order valence-electron chi connectivity index (χ0n) is 9.57. The molecule has 6 heteroatoms. The average Bonchev–Trinajstić information content (AvgIpc) is 2.24. The molecule has 1 aromatic rings. The normalized spacial score (nSPS) is 12.2. The SMILES string of the molecule is CCC(C)OC(=O)Cn1cc(Cl)cc(Cl)c1=O. The Kier molecular flexibility index (Phi) is 5.02. The highest BCUT2D eigenvalue weighted by atomic mass is 35.5. The average molecular weight is 278 g/mol. The van der Waals surface area contributed by atoms with Crippen LogP contribution in [0.2, 0.25) is 10.0 Å². The fraction of sp³-hybridized carbons (Fsp3) is 0.455. The van der Waals surface area contributed by atoms with Crippen LogP contribution in [0, 0.1) is 0 Å². The molecule has 1 unspecified atom stereocenters. The van der Waals surface area contributed by atoms with Crippen molar-refractivity contribution in [1.29, 1.82) is 0 Å². The second-order valence-corrected chi connectivity index (χ2v) is 4.49. The zero-order chi connectivity index (χ0) is 13.0. The van der Waals surface area contributed by atoms with Gasteiger partial charge in [-0.3, -0.25) is 9.59 Å². The smallest absolute Gasteiger partial charge is 0.326 e. The number of hydrogen-bond donors (Lipinski definition) is 0. The van der Waals surface area contributed by atoms with E-state index in [0.717, 1.165) is 11.0 Å². The number of nitrogens with zero attached hydrogens (tertiary/aromatic N) is 1. The van der Waals surface area contributed by atoms with Crippen molar-refractivity contribution in [3.63, 3.8) is 0 Å². The van der Waals surface area contributed by atoms with Crippen LogP contribution in [0.4, 0.5) is 0 Å². The molecule has 1 rings (SSSR count). The molecule has 0 saturated carbocycles. The predicted molar refractivity (Wildman–Crippen MR) is 66.6 cm³/mol. The van der Waals surface area contributed by atoms with E-state index in [1.54, 1.807) is 6.92 Å². The van der Waals surface area contributed by atoms with Gasteiger partial charge in [-0.2, -0.15) is 0 Å². The molecule has 1 atom stereocenters. The van der Waals surface area contributed by atoms with Crippen LogP contribution in [-0.4, -0.2) is 16.6 Å². The van der Waals surface area contributed by atoms with Crippen LogP contribution in [-0.2, 0) is 16.1 Å². The van der Waals surface area contributed by atoms with Crippen molar-refractivity contribution < 1.29 is 9.53 Å². The molecule has 0 aromatic carbocycles. The number of ether oxygens (including phenoxy) is 1. The first kappa shape index (κ1) is 14.1. The van der Waals surface area contributed by atoms with Crippen LogP contribution in [0.25, 0.3) is 0 Å². The highest BCUT2D eigenvalue weighted by Crippen LogP contribution is 2.11. The van der Waals surface area contributed by atoms with E-state index in [9.17, 15) is 9.59 Å². The van der Waals surface area contributed by atoms with E-state index in [-0.39, 0.29) is 17.7 Å². The van der Waals surface area contributed by atoms with Gasteiger partial charge in [0, 0.05) is 6.20 Å². The highest BCUT2D eigenvalue weighted by Gasteiger charge is 2.11. The number of halogens is 2. The van der Waals surface area contributed by atoms with Gasteiger partial charge in [0.2, 0.25) is 0 Å². The standard InChI is InChI=1S/C11H13Cl2NO3/c1-3-7(2)17-10(15)6-14-5-8(12)4-9(13)11(14)16/h4-5,7H,3,6H2,1-2H3. The highest BCUT2D eigenvalue weighted by molar-refractivity contribution is 6.34. The van der Waals surface area contributed by atoms with Gasteiger partial charge in [0.15, 0.2) is 0 Å². The molecule has 0 aliphatic rings. The Balaban J connectivity index is 2.82. The molecular formula is C11H13Cl2NO3. The van der Waals surface area contributed by atoms with E-state index < -0.39 is 11.5 Å². The molecule has 0 N–H and O–H groups in total. The maximum atomic E-state index is 11.6. The minimum Gasteiger partial charge on any atom is -0.461 e. The summed E-state index contributed by atoms with van der Waals surface area (Å²) in [5, 5.41) is 0.278. The number of hydrogen-bond acceptors (Lipinski definition) is 3. The van der Waals surface area contributed by atoms with E-state index in [1.807, 2.05) is 6.92 Å². The van der Waals surface area contributed by atoms with E-state index >= 15 is 0 Å². The van der Waals surface area contributed by atoms with Crippen LogP contribution in [0.5, 0.6) is 0 Å². The number of rotatable bonds is 4. The van der Waals surface area contributed by atoms with Crippen molar-refractivity contribution >= 4 is 29.2 Å². The third kappa shape index (κ3) is 4.06. The van der Waals surface area contributed by atoms with E-state index in [4.69, 9.17) is 27.9 Å². The second-order valence-electron chi connectivity index (χ2n) is 3.65. The molecule has 0 fully saturated rings. The molecule has 1 aromatic heterocycles. The Bertz CT molecular complexity index is 470. The van der Waals surface area contributed by atoms with Crippen LogP contribution in [0.1, 0.15) is 20.3 Å². The Hall–Kier alpha value is -1.00. The molecule has 0 spiro atoms. The maximum Gasteiger partial charge on any atom is 0.326 e. The molecule has 17 heavy (non-hydrogen) atoms. The Morgan fingerprint density at radius 3 is 2.76 bits per heavy atom. The lowest BCUT2D eigenvalue weighted by atomic mass is 10.3. The number of esters is 1. The Morgan fingerprint density at radius 1 is 1.53 bits per heavy atom. The molecule has 0 radical (unpaired) electrons. The second kappa shape index (κ2) is 6.07. The molecule has 0 saturated heterocycles. The predicted octanol–water partition coefficient (Wildman–Crippen LogP) is 2.50. The molecule has 0 aliphatic heterocycles. The first-order valence-corrected chi connectivity index (χ1v) is 5.94. The van der Waals surface area contributed by atoms with Gasteiger partial charge in [-0.25, -0.2) is 0 Å². The molecule has 0 bridgehead atoms. The quantitative estimate of drug-likeness (QED) is 0.795. The summed E-state index contributed by atoms with van der Waals surface area (Å²) in [5.41, 5.74) is -0.461. The van der Waals surface area contributed by atoms with Gasteiger partial charge in [0.1, 0.15) is 11.6 Å². The van der Waals surface area contributed by atoms with Gasteiger partial charge >= 0.3 is 5.97 Å². The minimum absolute atomic E-state index is 0.0196. The number of carbonyl (C=O) groups is 1. The van der Waals surface area contributed by atoms with Gasteiger partial charge < -0.3 is 9.30 Å². The number of carbonyl (C=O) groups excluding carboxylic acids is 1. The summed E-state index contributed by atoms with van der Waals surface area (Å²) < 4.78 is 6.19. The van der Waals surface area contributed by atoms with E-state index in [1.165, 1.54) is 12.3 Å². The van der Waals surface area contributed by atoms with Crippen molar-refractivity contribution in [2.24, 2.45) is 0 Å². The van der Waals surface area contributed by atoms with Gasteiger partial charge in [-0.05, 0) is 19.4 Å². The fourth-order valence-corrected chi connectivity index (χ4v) is 1.68. The summed E-state index contributed by atoms with van der Waals surface area (Å²) in [6, 6.07) is 1.34. The third-order valence-electron chi connectivity index (χ3n) is 2.22. The number of aromatic nitrogens is 1. The lowest BCUT2D eigenvalue weighted by Gasteiger charge is -2.12. The van der Waals surface area contributed by atoms with Crippen LogP contribution < -0.4 is 5.56 Å². The number of pyridine rings is 1. The van der Waals surface area contributed by atoms with Crippen LogP contribution in [0.15, 0.2) is 17.1 Å². The molecule has 0 aliphatic carbocycles. The minimum atomic E-state index is -0.486. The summed E-state index contributed by atoms with van der Waals surface area (Å²) >= 11 is 11.4. The fourth-order valence-electron chi connectivity index (χ4n) is 1.17. The van der Waals surface area contributed by atoms with Crippen molar-refractivity contribution in [3.05, 3.63) is 32.7 Å². The lowest BCUT2D eigenvalue weighted by molar-refractivity contribution is -0.149. The summed E-state index contributed by atoms with van der Waals surface area (Å²) in [4.78, 5) is 23.1. The van der Waals surface area contributed by atoms with Crippen molar-refractivity contribution in [2.75, 3.05) is 0 Å². The molecule has 94 valence electrons. The molecule has 1 heterocycles. The Labute approximate surface area is 109 Å². The first-order chi connectivity index (χ1) is 7.93. The topological polar surface area (TPSA) is 48.3 Å². The third-order valence-corrected chi connectivity index (χ3v) is 2.69. The largest absolute Gasteiger partial charge is 0.461 e. The van der Waals surface area contributed by atoms with Crippen LogP contribution in [0.3, 0.4) is 0 Å².